The summed E-state index contributed by atoms with van der Waals surface area (Å²) in [6, 6.07) is 4.80. The van der Waals surface area contributed by atoms with Crippen LogP contribution in [0.3, 0.4) is 0 Å². The fourth-order valence-electron chi connectivity index (χ4n) is 3.28. The standard InChI is InChI=1S/C19H11F5O2S/c20-14-15(21)17(23)19(18(24)16(14)22)27-7-10-6-13(25)26-12-5-9-3-1-2-8(9)4-11(10)12/h4-6H,1-3,7H2. The molecular weight excluding hydrogens is 387 g/mol. The van der Waals surface area contributed by atoms with Crippen molar-refractivity contribution in [2.75, 3.05) is 0 Å². The molecule has 4 rings (SSSR count). The van der Waals surface area contributed by atoms with E-state index in [4.69, 9.17) is 4.42 Å². The van der Waals surface area contributed by atoms with E-state index in [1.54, 1.807) is 6.07 Å². The lowest BCUT2D eigenvalue weighted by molar-refractivity contribution is 0.361. The van der Waals surface area contributed by atoms with Gasteiger partial charge in [-0.3, -0.25) is 0 Å². The summed E-state index contributed by atoms with van der Waals surface area (Å²) < 4.78 is 72.8. The first kappa shape index (κ1) is 18.0. The molecular formula is C19H11F5O2S. The van der Waals surface area contributed by atoms with Crippen molar-refractivity contribution in [2.24, 2.45) is 0 Å². The van der Waals surface area contributed by atoms with Crippen LogP contribution in [0.5, 0.6) is 0 Å². The van der Waals surface area contributed by atoms with Crippen LogP contribution in [0.25, 0.3) is 11.0 Å². The van der Waals surface area contributed by atoms with E-state index in [0.717, 1.165) is 30.4 Å². The Bertz CT molecular complexity index is 1110. The van der Waals surface area contributed by atoms with E-state index in [1.165, 1.54) is 6.07 Å². The summed E-state index contributed by atoms with van der Waals surface area (Å²) in [5, 5.41) is 0.589. The highest BCUT2D eigenvalue weighted by Gasteiger charge is 2.26. The van der Waals surface area contributed by atoms with Gasteiger partial charge < -0.3 is 4.42 Å². The van der Waals surface area contributed by atoms with Crippen molar-refractivity contribution in [3.8, 4) is 0 Å². The van der Waals surface area contributed by atoms with Crippen molar-refractivity contribution in [1.29, 1.82) is 0 Å². The minimum Gasteiger partial charge on any atom is -0.423 e. The van der Waals surface area contributed by atoms with E-state index in [9.17, 15) is 26.7 Å². The number of rotatable bonds is 3. The molecule has 3 aromatic rings. The highest BCUT2D eigenvalue weighted by Crippen LogP contribution is 2.35. The zero-order valence-electron chi connectivity index (χ0n) is 13.7. The van der Waals surface area contributed by atoms with Crippen LogP contribution in [-0.2, 0) is 18.6 Å². The zero-order chi connectivity index (χ0) is 19.3. The summed E-state index contributed by atoms with van der Waals surface area (Å²) in [6.45, 7) is 0. The second-order valence-electron chi connectivity index (χ2n) is 6.25. The summed E-state index contributed by atoms with van der Waals surface area (Å²) in [7, 11) is 0. The van der Waals surface area contributed by atoms with Gasteiger partial charge in [0.25, 0.3) is 0 Å². The molecule has 8 heteroatoms. The molecule has 1 aliphatic carbocycles. The molecule has 0 atom stereocenters. The summed E-state index contributed by atoms with van der Waals surface area (Å²) in [5.74, 6) is -10.1. The van der Waals surface area contributed by atoms with Gasteiger partial charge in [-0.2, -0.15) is 0 Å². The first-order valence-electron chi connectivity index (χ1n) is 8.09. The first-order chi connectivity index (χ1) is 12.9. The van der Waals surface area contributed by atoms with Gasteiger partial charge in [0.15, 0.2) is 23.3 Å². The van der Waals surface area contributed by atoms with Crippen LogP contribution >= 0.6 is 11.8 Å². The Morgan fingerprint density at radius 3 is 2.11 bits per heavy atom. The van der Waals surface area contributed by atoms with Crippen molar-refractivity contribution in [3.05, 3.63) is 74.4 Å². The maximum atomic E-state index is 13.9. The predicted molar refractivity (Wildman–Crippen MR) is 90.3 cm³/mol. The van der Waals surface area contributed by atoms with Crippen LogP contribution in [-0.4, -0.2) is 0 Å². The Balaban J connectivity index is 1.76. The van der Waals surface area contributed by atoms with E-state index in [2.05, 4.69) is 0 Å². The minimum atomic E-state index is -2.20. The second kappa shape index (κ2) is 6.67. The van der Waals surface area contributed by atoms with Crippen LogP contribution in [0.1, 0.15) is 23.1 Å². The summed E-state index contributed by atoms with van der Waals surface area (Å²) in [6.07, 6.45) is 2.72. The number of thioether (sulfide) groups is 1. The Kier molecular flexibility index (Phi) is 4.46. The molecule has 27 heavy (non-hydrogen) atoms. The number of halogens is 5. The molecule has 0 bridgehead atoms. The topological polar surface area (TPSA) is 30.2 Å². The highest BCUT2D eigenvalue weighted by atomic mass is 32.2. The normalized spacial score (nSPS) is 13.4. The molecule has 0 N–H and O–H groups in total. The Morgan fingerprint density at radius 2 is 1.44 bits per heavy atom. The van der Waals surface area contributed by atoms with Gasteiger partial charge in [0.05, 0.1) is 4.90 Å². The summed E-state index contributed by atoms with van der Waals surface area (Å²) >= 11 is 0.443. The van der Waals surface area contributed by atoms with Gasteiger partial charge in [-0.05, 0) is 48.1 Å². The molecule has 0 aliphatic heterocycles. The quantitative estimate of drug-likeness (QED) is 0.198. The van der Waals surface area contributed by atoms with E-state index in [1.807, 2.05) is 6.07 Å². The smallest absolute Gasteiger partial charge is 0.336 e. The first-order valence-corrected chi connectivity index (χ1v) is 9.08. The Hall–Kier alpha value is -2.35. The van der Waals surface area contributed by atoms with Gasteiger partial charge in [-0.25, -0.2) is 26.7 Å². The average molecular weight is 398 g/mol. The lowest BCUT2D eigenvalue weighted by Gasteiger charge is -2.10. The monoisotopic (exact) mass is 398 g/mol. The van der Waals surface area contributed by atoms with Gasteiger partial charge in [-0.1, -0.05) is 0 Å². The molecule has 1 aromatic heterocycles. The average Bonchev–Trinajstić information content (AvgIpc) is 3.10. The van der Waals surface area contributed by atoms with Crippen molar-refractivity contribution < 1.29 is 26.4 Å². The number of aryl methyl sites for hydroxylation is 2. The number of benzene rings is 2. The lowest BCUT2D eigenvalue weighted by atomic mass is 10.0. The fraction of sp³-hybridized carbons (Fsp3) is 0.211. The molecule has 0 unspecified atom stereocenters. The highest BCUT2D eigenvalue weighted by molar-refractivity contribution is 7.98. The van der Waals surface area contributed by atoms with Gasteiger partial charge in [0, 0.05) is 17.2 Å². The van der Waals surface area contributed by atoms with Crippen LogP contribution < -0.4 is 5.63 Å². The van der Waals surface area contributed by atoms with Crippen molar-refractivity contribution in [2.45, 2.75) is 29.9 Å². The van der Waals surface area contributed by atoms with Crippen LogP contribution in [0.2, 0.25) is 0 Å². The maximum Gasteiger partial charge on any atom is 0.336 e. The molecule has 0 fully saturated rings. The summed E-state index contributed by atoms with van der Waals surface area (Å²) in [5.41, 5.74) is 2.28. The van der Waals surface area contributed by atoms with Crippen molar-refractivity contribution >= 4 is 22.7 Å². The molecule has 2 aromatic carbocycles. The van der Waals surface area contributed by atoms with Crippen LogP contribution in [0.15, 0.2) is 32.3 Å². The third-order valence-electron chi connectivity index (χ3n) is 4.58. The zero-order valence-corrected chi connectivity index (χ0v) is 14.5. The van der Waals surface area contributed by atoms with Gasteiger partial charge in [0.1, 0.15) is 5.58 Å². The van der Waals surface area contributed by atoms with E-state index < -0.39 is 39.6 Å². The largest absolute Gasteiger partial charge is 0.423 e. The van der Waals surface area contributed by atoms with Gasteiger partial charge in [0.2, 0.25) is 5.82 Å². The summed E-state index contributed by atoms with van der Waals surface area (Å²) in [4.78, 5) is 10.8. The third-order valence-corrected chi connectivity index (χ3v) is 5.69. The second-order valence-corrected chi connectivity index (χ2v) is 7.23. The Morgan fingerprint density at radius 1 is 0.852 bits per heavy atom. The molecule has 1 heterocycles. The van der Waals surface area contributed by atoms with Crippen molar-refractivity contribution in [3.63, 3.8) is 0 Å². The molecule has 2 nitrogen and oxygen atoms in total. The maximum absolute atomic E-state index is 13.9. The van der Waals surface area contributed by atoms with E-state index in [0.29, 0.717) is 28.3 Å². The predicted octanol–water partition coefficient (Wildman–Crippen LogP) is 5.27. The SMILES string of the molecule is O=c1cc(CSc2c(F)c(F)c(F)c(F)c2F)c2cc3c(cc2o1)CCC3. The van der Waals surface area contributed by atoms with Crippen LogP contribution in [0, 0.1) is 29.1 Å². The molecule has 1 aliphatic rings. The van der Waals surface area contributed by atoms with Crippen molar-refractivity contribution in [1.82, 2.24) is 0 Å². The van der Waals surface area contributed by atoms with Gasteiger partial charge >= 0.3 is 5.63 Å². The molecule has 0 spiro atoms. The molecule has 0 saturated heterocycles. The number of fused-ring (bicyclic) bond motifs is 2. The number of hydrogen-bond donors (Lipinski definition) is 0. The third kappa shape index (κ3) is 3.01. The van der Waals surface area contributed by atoms with Crippen LogP contribution in [0.4, 0.5) is 22.0 Å². The van der Waals surface area contributed by atoms with Gasteiger partial charge in [-0.15, -0.1) is 11.8 Å². The molecule has 0 amide bonds. The minimum absolute atomic E-state index is 0.154. The van der Waals surface area contributed by atoms with E-state index >= 15 is 0 Å². The lowest BCUT2D eigenvalue weighted by Crippen LogP contribution is -2.04. The Labute approximate surface area is 154 Å². The number of hydrogen-bond acceptors (Lipinski definition) is 3. The molecule has 140 valence electrons. The fourth-order valence-corrected chi connectivity index (χ4v) is 4.25. The molecule has 0 radical (unpaired) electrons. The van der Waals surface area contributed by atoms with E-state index in [-0.39, 0.29) is 5.75 Å². The molecule has 0 saturated carbocycles.